The Kier molecular flexibility index (Phi) is 9.29. The second-order valence-electron chi connectivity index (χ2n) is 1.97. The van der Waals surface area contributed by atoms with Gasteiger partial charge in [-0.15, -0.1) is 6.58 Å². The van der Waals surface area contributed by atoms with Gasteiger partial charge in [-0.2, -0.15) is 0 Å². The highest BCUT2D eigenvalue weighted by molar-refractivity contribution is 4.63. The molecule has 0 bridgehead atoms. The molecule has 0 aliphatic carbocycles. The third-order valence-electron chi connectivity index (χ3n) is 1.04. The maximum absolute atomic E-state index is 5.14. The van der Waals surface area contributed by atoms with E-state index < -0.39 is 0 Å². The maximum Gasteiger partial charge on any atom is 0.0704 e. The van der Waals surface area contributed by atoms with E-state index in [2.05, 4.69) is 6.58 Å². The topological polar surface area (TPSA) is 27.7 Å². The Morgan fingerprint density at radius 2 is 1.73 bits per heavy atom. The fraction of sp³-hybridized carbons (Fsp3) is 0.750. The van der Waals surface area contributed by atoms with Crippen LogP contribution in [0.4, 0.5) is 0 Å². The van der Waals surface area contributed by atoms with Crippen molar-refractivity contribution in [2.24, 2.45) is 0 Å². The van der Waals surface area contributed by atoms with Crippen molar-refractivity contribution >= 4 is 0 Å². The summed E-state index contributed by atoms with van der Waals surface area (Å²) in [6.07, 6.45) is 1.72. The van der Waals surface area contributed by atoms with E-state index in [9.17, 15) is 0 Å². The van der Waals surface area contributed by atoms with Crippen LogP contribution in [0.3, 0.4) is 0 Å². The molecular weight excluding hydrogens is 144 g/mol. The number of hydrogen-bond donors (Lipinski definition) is 0. The fourth-order valence-electron chi connectivity index (χ4n) is 0.529. The van der Waals surface area contributed by atoms with Gasteiger partial charge in [-0.05, 0) is 0 Å². The SMILES string of the molecule is C=CCOCCOCCOC. The molecule has 0 spiro atoms. The number of hydrogen-bond acceptors (Lipinski definition) is 3. The second kappa shape index (κ2) is 9.62. The summed E-state index contributed by atoms with van der Waals surface area (Å²) in [4.78, 5) is 0. The quantitative estimate of drug-likeness (QED) is 0.389. The summed E-state index contributed by atoms with van der Waals surface area (Å²) in [5, 5.41) is 0. The summed E-state index contributed by atoms with van der Waals surface area (Å²) in [5.74, 6) is 0. The molecule has 0 aromatic carbocycles. The molecule has 3 nitrogen and oxygen atoms in total. The predicted octanol–water partition coefficient (Wildman–Crippen LogP) is 0.852. The first kappa shape index (κ1) is 10.6. The summed E-state index contributed by atoms with van der Waals surface area (Å²) in [6, 6.07) is 0. The third kappa shape index (κ3) is 9.62. The van der Waals surface area contributed by atoms with Crippen LogP contribution in [0, 0.1) is 0 Å². The highest BCUT2D eigenvalue weighted by atomic mass is 16.5. The summed E-state index contributed by atoms with van der Waals surface area (Å²) in [7, 11) is 1.65. The van der Waals surface area contributed by atoms with Crippen molar-refractivity contribution in [3.8, 4) is 0 Å². The predicted molar refractivity (Wildman–Crippen MR) is 43.7 cm³/mol. The lowest BCUT2D eigenvalue weighted by Crippen LogP contribution is -2.08. The molecule has 0 unspecified atom stereocenters. The van der Waals surface area contributed by atoms with E-state index in [1.807, 2.05) is 0 Å². The fourth-order valence-corrected chi connectivity index (χ4v) is 0.529. The number of rotatable bonds is 8. The molecule has 0 amide bonds. The van der Waals surface area contributed by atoms with Gasteiger partial charge in [-0.3, -0.25) is 0 Å². The van der Waals surface area contributed by atoms with Gasteiger partial charge in [0, 0.05) is 7.11 Å². The first-order valence-electron chi connectivity index (χ1n) is 3.67. The van der Waals surface area contributed by atoms with Crippen molar-refractivity contribution in [1.82, 2.24) is 0 Å². The van der Waals surface area contributed by atoms with Gasteiger partial charge < -0.3 is 14.2 Å². The van der Waals surface area contributed by atoms with Crippen molar-refractivity contribution in [3.63, 3.8) is 0 Å². The zero-order valence-electron chi connectivity index (χ0n) is 7.04. The molecule has 0 fully saturated rings. The lowest BCUT2D eigenvalue weighted by Gasteiger charge is -2.02. The minimum Gasteiger partial charge on any atom is -0.382 e. The van der Waals surface area contributed by atoms with Crippen LogP contribution < -0.4 is 0 Å². The van der Waals surface area contributed by atoms with Gasteiger partial charge in [-0.25, -0.2) is 0 Å². The molecule has 0 heterocycles. The molecule has 11 heavy (non-hydrogen) atoms. The number of methoxy groups -OCH3 is 1. The van der Waals surface area contributed by atoms with Crippen LogP contribution in [0.5, 0.6) is 0 Å². The Morgan fingerprint density at radius 1 is 1.09 bits per heavy atom. The standard InChI is InChI=1S/C8H16O3/c1-3-4-10-7-8-11-6-5-9-2/h3H,1,4-8H2,2H3. The van der Waals surface area contributed by atoms with E-state index >= 15 is 0 Å². The zero-order chi connectivity index (χ0) is 8.36. The Hall–Kier alpha value is -0.380. The van der Waals surface area contributed by atoms with Crippen LogP contribution >= 0.6 is 0 Å². The summed E-state index contributed by atoms with van der Waals surface area (Å²) >= 11 is 0. The van der Waals surface area contributed by atoms with Crippen LogP contribution in [0.2, 0.25) is 0 Å². The Morgan fingerprint density at radius 3 is 2.36 bits per heavy atom. The summed E-state index contributed by atoms with van der Waals surface area (Å²) < 4.78 is 15.0. The molecule has 0 atom stereocenters. The highest BCUT2D eigenvalue weighted by Gasteiger charge is 1.86. The van der Waals surface area contributed by atoms with E-state index in [0.29, 0.717) is 33.0 Å². The van der Waals surface area contributed by atoms with Crippen molar-refractivity contribution in [1.29, 1.82) is 0 Å². The average molecular weight is 160 g/mol. The Balaban J connectivity index is 2.74. The highest BCUT2D eigenvalue weighted by Crippen LogP contribution is 1.79. The van der Waals surface area contributed by atoms with Gasteiger partial charge in [0.1, 0.15) is 0 Å². The minimum absolute atomic E-state index is 0.591. The summed E-state index contributed by atoms with van der Waals surface area (Å²) in [5.41, 5.74) is 0. The molecule has 0 rings (SSSR count). The first-order valence-corrected chi connectivity index (χ1v) is 3.67. The Labute approximate surface area is 67.9 Å². The molecule has 0 saturated heterocycles. The normalized spacial score (nSPS) is 9.91. The van der Waals surface area contributed by atoms with Crippen LogP contribution in [0.1, 0.15) is 0 Å². The van der Waals surface area contributed by atoms with Crippen molar-refractivity contribution < 1.29 is 14.2 Å². The molecule has 0 N–H and O–H groups in total. The van der Waals surface area contributed by atoms with Gasteiger partial charge in [0.05, 0.1) is 33.0 Å². The largest absolute Gasteiger partial charge is 0.382 e. The lowest BCUT2D eigenvalue weighted by atomic mass is 10.7. The van der Waals surface area contributed by atoms with Crippen molar-refractivity contribution in [2.45, 2.75) is 0 Å². The minimum atomic E-state index is 0.591. The van der Waals surface area contributed by atoms with Crippen LogP contribution in [-0.4, -0.2) is 40.1 Å². The van der Waals surface area contributed by atoms with Crippen molar-refractivity contribution in [3.05, 3.63) is 12.7 Å². The van der Waals surface area contributed by atoms with E-state index in [4.69, 9.17) is 14.2 Å². The van der Waals surface area contributed by atoms with E-state index in [-0.39, 0.29) is 0 Å². The van der Waals surface area contributed by atoms with E-state index in [1.54, 1.807) is 13.2 Å². The third-order valence-corrected chi connectivity index (χ3v) is 1.04. The molecular formula is C8H16O3. The van der Waals surface area contributed by atoms with Gasteiger partial charge >= 0.3 is 0 Å². The molecule has 3 heteroatoms. The summed E-state index contributed by atoms with van der Waals surface area (Å²) in [6.45, 7) is 6.63. The zero-order valence-corrected chi connectivity index (χ0v) is 7.04. The van der Waals surface area contributed by atoms with Gasteiger partial charge in [0.15, 0.2) is 0 Å². The monoisotopic (exact) mass is 160 g/mol. The smallest absolute Gasteiger partial charge is 0.0704 e. The number of ether oxygens (including phenoxy) is 3. The van der Waals surface area contributed by atoms with Crippen LogP contribution in [-0.2, 0) is 14.2 Å². The van der Waals surface area contributed by atoms with Crippen LogP contribution in [0.25, 0.3) is 0 Å². The molecule has 0 aromatic rings. The molecule has 0 saturated carbocycles. The van der Waals surface area contributed by atoms with Gasteiger partial charge in [0.25, 0.3) is 0 Å². The van der Waals surface area contributed by atoms with E-state index in [1.165, 1.54) is 0 Å². The van der Waals surface area contributed by atoms with Crippen LogP contribution in [0.15, 0.2) is 12.7 Å². The average Bonchev–Trinajstić information content (AvgIpc) is 2.03. The maximum atomic E-state index is 5.14. The van der Waals surface area contributed by atoms with E-state index in [0.717, 1.165) is 0 Å². The van der Waals surface area contributed by atoms with Crippen molar-refractivity contribution in [2.75, 3.05) is 40.1 Å². The Bertz CT molecular complexity index is 83.4. The first-order chi connectivity index (χ1) is 5.41. The molecule has 66 valence electrons. The molecule has 0 aliphatic heterocycles. The van der Waals surface area contributed by atoms with Gasteiger partial charge in [0.2, 0.25) is 0 Å². The molecule has 0 radical (unpaired) electrons. The van der Waals surface area contributed by atoms with Gasteiger partial charge in [-0.1, -0.05) is 6.08 Å². The lowest BCUT2D eigenvalue weighted by molar-refractivity contribution is 0.0314. The molecule has 0 aromatic heterocycles. The second-order valence-corrected chi connectivity index (χ2v) is 1.97. The molecule has 0 aliphatic rings.